The summed E-state index contributed by atoms with van der Waals surface area (Å²) in [5.41, 5.74) is 25.1. The van der Waals surface area contributed by atoms with Gasteiger partial charge in [0, 0.05) is 10.8 Å². The highest BCUT2D eigenvalue weighted by Gasteiger charge is 2.20. The van der Waals surface area contributed by atoms with Gasteiger partial charge in [-0.15, -0.1) is 0 Å². The SMILES string of the molecule is CC1=C(c2cc(-c3ccc(C)c(-c4cc(-c5ccc6oc7cccc(-c8cc(Oc9ccccc9C)c(C)c(-c9ccccc9C)c8)c7c6c5)ccc4C)c3)ccc2C)CCC=C1. The van der Waals surface area contributed by atoms with Crippen molar-refractivity contribution >= 4 is 27.5 Å². The van der Waals surface area contributed by atoms with Crippen molar-refractivity contribution in [3.8, 4) is 67.1 Å². The second kappa shape index (κ2) is 16.3. The van der Waals surface area contributed by atoms with Crippen LogP contribution in [-0.2, 0) is 0 Å². The maximum atomic E-state index is 6.77. The number of furan rings is 1. The quantitative estimate of drug-likeness (QED) is 0.152. The van der Waals surface area contributed by atoms with Crippen LogP contribution >= 0.6 is 0 Å². The molecule has 0 radical (unpaired) electrons. The Morgan fingerprint density at radius 2 is 0.984 bits per heavy atom. The lowest BCUT2D eigenvalue weighted by molar-refractivity contribution is 0.476. The highest BCUT2D eigenvalue weighted by Crippen LogP contribution is 2.44. The van der Waals surface area contributed by atoms with Gasteiger partial charge in [0.05, 0.1) is 0 Å². The minimum absolute atomic E-state index is 0.842. The first-order chi connectivity index (χ1) is 30.6. The minimum atomic E-state index is 0.842. The van der Waals surface area contributed by atoms with E-state index in [1.54, 1.807) is 0 Å². The van der Waals surface area contributed by atoms with E-state index in [2.05, 4.69) is 200 Å². The third kappa shape index (κ3) is 7.40. The number of ether oxygens (including phenoxy) is 1. The molecule has 1 aromatic heterocycles. The molecule has 0 bridgehead atoms. The fraction of sp³-hybridized carbons (Fsp3) is 0.148. The van der Waals surface area contributed by atoms with Crippen molar-refractivity contribution in [2.45, 2.75) is 61.3 Å². The molecule has 0 spiro atoms. The normalized spacial score (nSPS) is 12.7. The molecular weight excluding hydrogens is 765 g/mol. The Morgan fingerprint density at radius 1 is 0.413 bits per heavy atom. The minimum Gasteiger partial charge on any atom is -0.457 e. The van der Waals surface area contributed by atoms with Gasteiger partial charge in [-0.3, -0.25) is 0 Å². The molecule has 0 unspecified atom stereocenters. The maximum Gasteiger partial charge on any atom is 0.136 e. The molecule has 308 valence electrons. The standard InChI is InChI=1S/C61H52O2/c1-37-15-8-11-18-49(37)52-31-44(26-23-39(52)3)45-27-24-40(4)53(32-45)54-33-46(28-25-41(54)5)47-29-30-58-56(34-47)61-51(20-14-22-59(61)63-58)48-35-55(50-19-12-9-16-38(50)2)43(7)60(36-48)62-57-21-13-10-17-42(57)6/h8-10,12-17,19-36H,11,18H2,1-7H3. The summed E-state index contributed by atoms with van der Waals surface area (Å²) in [6.07, 6.45) is 6.75. The predicted octanol–water partition coefficient (Wildman–Crippen LogP) is 17.7. The van der Waals surface area contributed by atoms with Crippen LogP contribution in [0.25, 0.3) is 83.1 Å². The van der Waals surface area contributed by atoms with E-state index >= 15 is 0 Å². The summed E-state index contributed by atoms with van der Waals surface area (Å²) in [7, 11) is 0. The third-order valence-corrected chi connectivity index (χ3v) is 13.3. The fourth-order valence-electron chi connectivity index (χ4n) is 9.58. The van der Waals surface area contributed by atoms with E-state index < -0.39 is 0 Å². The number of aryl methyl sites for hydroxylation is 5. The van der Waals surface area contributed by atoms with Crippen molar-refractivity contribution in [3.63, 3.8) is 0 Å². The van der Waals surface area contributed by atoms with E-state index in [0.717, 1.165) is 79.7 Å². The lowest BCUT2D eigenvalue weighted by Crippen LogP contribution is -1.96. The van der Waals surface area contributed by atoms with E-state index in [1.165, 1.54) is 72.3 Å². The second-order valence-corrected chi connectivity index (χ2v) is 17.5. The van der Waals surface area contributed by atoms with Crippen LogP contribution in [0.3, 0.4) is 0 Å². The summed E-state index contributed by atoms with van der Waals surface area (Å²) < 4.78 is 13.4. The molecule has 0 saturated heterocycles. The molecule has 9 aromatic rings. The van der Waals surface area contributed by atoms with Crippen molar-refractivity contribution in [1.82, 2.24) is 0 Å². The summed E-state index contributed by atoms with van der Waals surface area (Å²) in [6.45, 7) is 15.4. The first-order valence-electron chi connectivity index (χ1n) is 22.2. The van der Waals surface area contributed by atoms with Gasteiger partial charge in [-0.25, -0.2) is 0 Å². The summed E-state index contributed by atoms with van der Waals surface area (Å²) in [5.74, 6) is 1.70. The zero-order valence-corrected chi connectivity index (χ0v) is 37.3. The fourth-order valence-corrected chi connectivity index (χ4v) is 9.58. The molecule has 10 rings (SSSR count). The summed E-state index contributed by atoms with van der Waals surface area (Å²) >= 11 is 0. The van der Waals surface area contributed by atoms with Crippen LogP contribution < -0.4 is 4.74 Å². The van der Waals surface area contributed by atoms with Gasteiger partial charge in [0.15, 0.2) is 0 Å². The van der Waals surface area contributed by atoms with Crippen LogP contribution in [0, 0.1) is 41.5 Å². The number of hydrogen-bond donors (Lipinski definition) is 0. The molecule has 0 amide bonds. The van der Waals surface area contributed by atoms with Crippen LogP contribution in [-0.4, -0.2) is 0 Å². The van der Waals surface area contributed by atoms with Gasteiger partial charge in [-0.2, -0.15) is 0 Å². The van der Waals surface area contributed by atoms with E-state index in [-0.39, 0.29) is 0 Å². The Hall–Kier alpha value is -7.16. The molecule has 2 heteroatoms. The number of para-hydroxylation sites is 1. The smallest absolute Gasteiger partial charge is 0.136 e. The number of hydrogen-bond acceptors (Lipinski definition) is 2. The molecule has 2 nitrogen and oxygen atoms in total. The van der Waals surface area contributed by atoms with Crippen LogP contribution in [0.1, 0.15) is 58.7 Å². The Balaban J connectivity index is 1.08. The Kier molecular flexibility index (Phi) is 10.3. The Morgan fingerprint density at radius 3 is 1.67 bits per heavy atom. The molecule has 0 fully saturated rings. The number of rotatable bonds is 8. The molecular formula is C61H52O2. The topological polar surface area (TPSA) is 22.4 Å². The van der Waals surface area contributed by atoms with Crippen molar-refractivity contribution in [2.75, 3.05) is 0 Å². The Bertz CT molecular complexity index is 3330. The molecule has 0 aliphatic heterocycles. The van der Waals surface area contributed by atoms with Gasteiger partial charge >= 0.3 is 0 Å². The molecule has 1 heterocycles. The highest BCUT2D eigenvalue weighted by atomic mass is 16.5. The zero-order valence-electron chi connectivity index (χ0n) is 37.3. The largest absolute Gasteiger partial charge is 0.457 e. The monoisotopic (exact) mass is 816 g/mol. The van der Waals surface area contributed by atoms with Crippen molar-refractivity contribution in [2.24, 2.45) is 0 Å². The lowest BCUT2D eigenvalue weighted by Gasteiger charge is -2.18. The van der Waals surface area contributed by atoms with Crippen molar-refractivity contribution < 1.29 is 9.15 Å². The second-order valence-electron chi connectivity index (χ2n) is 17.5. The first kappa shape index (κ1) is 39.9. The molecule has 0 saturated carbocycles. The van der Waals surface area contributed by atoms with Gasteiger partial charge in [-0.1, -0.05) is 109 Å². The van der Waals surface area contributed by atoms with Crippen LogP contribution in [0.4, 0.5) is 0 Å². The van der Waals surface area contributed by atoms with Gasteiger partial charge in [0.2, 0.25) is 0 Å². The summed E-state index contributed by atoms with van der Waals surface area (Å²) in [6, 6.07) is 55.2. The van der Waals surface area contributed by atoms with Crippen molar-refractivity contribution in [1.29, 1.82) is 0 Å². The molecule has 1 aliphatic carbocycles. The maximum absolute atomic E-state index is 6.77. The van der Waals surface area contributed by atoms with E-state index in [4.69, 9.17) is 9.15 Å². The number of benzene rings is 8. The molecule has 0 N–H and O–H groups in total. The van der Waals surface area contributed by atoms with Gasteiger partial charge < -0.3 is 9.15 Å². The summed E-state index contributed by atoms with van der Waals surface area (Å²) in [4.78, 5) is 0. The van der Waals surface area contributed by atoms with Crippen LogP contribution in [0.2, 0.25) is 0 Å². The average molecular weight is 817 g/mol. The van der Waals surface area contributed by atoms with E-state index in [9.17, 15) is 0 Å². The average Bonchev–Trinajstić information content (AvgIpc) is 3.67. The third-order valence-electron chi connectivity index (χ3n) is 13.3. The molecule has 8 aromatic carbocycles. The van der Waals surface area contributed by atoms with E-state index in [1.807, 2.05) is 12.1 Å². The zero-order chi connectivity index (χ0) is 43.4. The van der Waals surface area contributed by atoms with Gasteiger partial charge in [0.1, 0.15) is 22.7 Å². The molecule has 1 aliphatic rings. The highest BCUT2D eigenvalue weighted by molar-refractivity contribution is 6.13. The van der Waals surface area contributed by atoms with E-state index in [0.29, 0.717) is 0 Å². The molecule has 63 heavy (non-hydrogen) atoms. The molecule has 0 atom stereocenters. The number of allylic oxidation sites excluding steroid dienone is 4. The first-order valence-corrected chi connectivity index (χ1v) is 22.2. The van der Waals surface area contributed by atoms with Gasteiger partial charge in [-0.05, 0) is 222 Å². The van der Waals surface area contributed by atoms with Gasteiger partial charge in [0.25, 0.3) is 0 Å². The van der Waals surface area contributed by atoms with Crippen LogP contribution in [0.5, 0.6) is 11.5 Å². The summed E-state index contributed by atoms with van der Waals surface area (Å²) in [5, 5.41) is 2.19. The predicted molar refractivity (Wildman–Crippen MR) is 267 cm³/mol. The van der Waals surface area contributed by atoms with Crippen LogP contribution in [0.15, 0.2) is 174 Å². The van der Waals surface area contributed by atoms with Crippen molar-refractivity contribution in [3.05, 3.63) is 208 Å². The Labute approximate surface area is 371 Å². The number of fused-ring (bicyclic) bond motifs is 3. The lowest BCUT2D eigenvalue weighted by atomic mass is 9.87.